The Kier molecular flexibility index (Phi) is 5.86. The van der Waals surface area contributed by atoms with Crippen molar-refractivity contribution in [2.24, 2.45) is 0 Å². The zero-order valence-electron chi connectivity index (χ0n) is 8.98. The lowest BCUT2D eigenvalue weighted by Gasteiger charge is -2.25. The molecule has 1 N–H and O–H groups in total. The van der Waals surface area contributed by atoms with Crippen molar-refractivity contribution in [3.05, 3.63) is 0 Å². The van der Waals surface area contributed by atoms with Gasteiger partial charge in [0.2, 0.25) is 0 Å². The zero-order valence-corrected chi connectivity index (χ0v) is 9.80. The molecule has 1 unspecified atom stereocenters. The molecule has 0 amide bonds. The Morgan fingerprint density at radius 2 is 1.87 bits per heavy atom. The molecule has 15 heavy (non-hydrogen) atoms. The third-order valence-electron chi connectivity index (χ3n) is 2.63. The fourth-order valence-corrected chi connectivity index (χ4v) is 2.79. The highest BCUT2D eigenvalue weighted by Gasteiger charge is 2.11. The molecular weight excluding hydrogens is 214 g/mol. The lowest BCUT2D eigenvalue weighted by atomic mass is 10.1. The van der Waals surface area contributed by atoms with Crippen LogP contribution in [-0.4, -0.2) is 51.3 Å². The molecule has 0 aromatic carbocycles. The van der Waals surface area contributed by atoms with Gasteiger partial charge in [0, 0.05) is 28.9 Å². The molecule has 4 nitrogen and oxygen atoms in total. The Hall–Kier alpha value is -0.420. The molecule has 1 fully saturated rings. The van der Waals surface area contributed by atoms with Crippen LogP contribution in [0.4, 0.5) is 0 Å². The van der Waals surface area contributed by atoms with Crippen molar-refractivity contribution in [2.45, 2.75) is 25.7 Å². The minimum absolute atomic E-state index is 0.0204. The van der Waals surface area contributed by atoms with E-state index in [0.29, 0.717) is 11.5 Å². The SMILES string of the molecule is O=C(O)CCS(=O)CCN1CCCCC1. The summed E-state index contributed by atoms with van der Waals surface area (Å²) in [6.07, 6.45) is 3.80. The highest BCUT2D eigenvalue weighted by atomic mass is 32.2. The Labute approximate surface area is 93.1 Å². The first-order valence-electron chi connectivity index (χ1n) is 5.47. The topological polar surface area (TPSA) is 57.6 Å². The zero-order chi connectivity index (χ0) is 11.1. The lowest BCUT2D eigenvalue weighted by Crippen LogP contribution is -2.33. The summed E-state index contributed by atoms with van der Waals surface area (Å²) >= 11 is 0. The molecular formula is C10H19NO3S. The Morgan fingerprint density at radius 1 is 1.20 bits per heavy atom. The van der Waals surface area contributed by atoms with Crippen LogP contribution >= 0.6 is 0 Å². The largest absolute Gasteiger partial charge is 0.481 e. The molecule has 0 spiro atoms. The van der Waals surface area contributed by atoms with Gasteiger partial charge in [-0.05, 0) is 25.9 Å². The van der Waals surface area contributed by atoms with Gasteiger partial charge in [-0.25, -0.2) is 0 Å². The first kappa shape index (κ1) is 12.6. The molecule has 1 rings (SSSR count). The molecule has 5 heteroatoms. The van der Waals surface area contributed by atoms with Gasteiger partial charge < -0.3 is 10.0 Å². The Bertz CT molecular complexity index is 227. The van der Waals surface area contributed by atoms with E-state index in [-0.39, 0.29) is 6.42 Å². The van der Waals surface area contributed by atoms with Gasteiger partial charge in [-0.2, -0.15) is 0 Å². The van der Waals surface area contributed by atoms with E-state index in [1.807, 2.05) is 0 Å². The molecule has 0 aliphatic carbocycles. The summed E-state index contributed by atoms with van der Waals surface area (Å²) in [6, 6.07) is 0. The molecule has 1 aliphatic rings. The van der Waals surface area contributed by atoms with Crippen LogP contribution in [0.3, 0.4) is 0 Å². The molecule has 0 saturated carbocycles. The van der Waals surface area contributed by atoms with Crippen LogP contribution in [0.15, 0.2) is 0 Å². The van der Waals surface area contributed by atoms with Gasteiger partial charge in [0.05, 0.1) is 6.42 Å². The maximum absolute atomic E-state index is 11.4. The number of likely N-dealkylation sites (tertiary alicyclic amines) is 1. The maximum atomic E-state index is 11.4. The highest BCUT2D eigenvalue weighted by molar-refractivity contribution is 7.85. The summed E-state index contributed by atoms with van der Waals surface area (Å²) in [5.41, 5.74) is 0. The van der Waals surface area contributed by atoms with E-state index in [9.17, 15) is 9.00 Å². The third kappa shape index (κ3) is 5.89. The van der Waals surface area contributed by atoms with Crippen molar-refractivity contribution < 1.29 is 14.1 Å². The molecule has 1 aliphatic heterocycles. The van der Waals surface area contributed by atoms with Crippen molar-refractivity contribution >= 4 is 16.8 Å². The number of nitrogens with zero attached hydrogens (tertiary/aromatic N) is 1. The van der Waals surface area contributed by atoms with Crippen LogP contribution in [0.2, 0.25) is 0 Å². The average molecular weight is 233 g/mol. The van der Waals surface area contributed by atoms with Gasteiger partial charge in [-0.1, -0.05) is 6.42 Å². The van der Waals surface area contributed by atoms with Crippen LogP contribution in [0.25, 0.3) is 0 Å². The Morgan fingerprint density at radius 3 is 2.47 bits per heavy atom. The summed E-state index contributed by atoms with van der Waals surface area (Å²) in [4.78, 5) is 12.6. The minimum Gasteiger partial charge on any atom is -0.481 e. The van der Waals surface area contributed by atoms with Gasteiger partial charge in [0.15, 0.2) is 0 Å². The quantitative estimate of drug-likeness (QED) is 0.733. The van der Waals surface area contributed by atoms with Crippen LogP contribution in [0.1, 0.15) is 25.7 Å². The Balaban J connectivity index is 2.07. The van der Waals surface area contributed by atoms with E-state index in [1.165, 1.54) is 19.3 Å². The van der Waals surface area contributed by atoms with Gasteiger partial charge in [0.25, 0.3) is 0 Å². The van der Waals surface area contributed by atoms with Gasteiger partial charge in [0.1, 0.15) is 0 Å². The second-order valence-corrected chi connectivity index (χ2v) is 5.59. The van der Waals surface area contributed by atoms with Crippen LogP contribution < -0.4 is 0 Å². The van der Waals surface area contributed by atoms with Gasteiger partial charge >= 0.3 is 5.97 Å². The highest BCUT2D eigenvalue weighted by Crippen LogP contribution is 2.07. The summed E-state index contributed by atoms with van der Waals surface area (Å²) in [7, 11) is -0.965. The van der Waals surface area contributed by atoms with E-state index in [2.05, 4.69) is 4.90 Å². The van der Waals surface area contributed by atoms with Crippen LogP contribution in [0.5, 0.6) is 0 Å². The number of carboxylic acids is 1. The second kappa shape index (κ2) is 6.95. The van der Waals surface area contributed by atoms with Crippen molar-refractivity contribution in [1.29, 1.82) is 0 Å². The minimum atomic E-state index is -0.965. The second-order valence-electron chi connectivity index (χ2n) is 3.89. The predicted molar refractivity (Wildman–Crippen MR) is 60.4 cm³/mol. The predicted octanol–water partition coefficient (Wildman–Crippen LogP) is 0.696. The van der Waals surface area contributed by atoms with Gasteiger partial charge in [-0.3, -0.25) is 9.00 Å². The van der Waals surface area contributed by atoms with Crippen molar-refractivity contribution in [3.63, 3.8) is 0 Å². The van der Waals surface area contributed by atoms with E-state index < -0.39 is 16.8 Å². The number of hydrogen-bond donors (Lipinski definition) is 1. The molecule has 1 atom stereocenters. The smallest absolute Gasteiger partial charge is 0.304 e. The van der Waals surface area contributed by atoms with Crippen molar-refractivity contribution in [2.75, 3.05) is 31.1 Å². The van der Waals surface area contributed by atoms with E-state index in [4.69, 9.17) is 5.11 Å². The maximum Gasteiger partial charge on any atom is 0.304 e. The summed E-state index contributed by atoms with van der Waals surface area (Å²) < 4.78 is 11.4. The number of carboxylic acid groups (broad SMARTS) is 1. The van der Waals surface area contributed by atoms with E-state index >= 15 is 0 Å². The van der Waals surface area contributed by atoms with Crippen LogP contribution in [-0.2, 0) is 15.6 Å². The first-order chi connectivity index (χ1) is 7.18. The monoisotopic (exact) mass is 233 g/mol. The lowest BCUT2D eigenvalue weighted by molar-refractivity contribution is -0.136. The number of carbonyl (C=O) groups is 1. The average Bonchev–Trinajstić information content (AvgIpc) is 2.25. The number of rotatable bonds is 6. The van der Waals surface area contributed by atoms with Gasteiger partial charge in [-0.15, -0.1) is 0 Å². The fourth-order valence-electron chi connectivity index (χ4n) is 1.72. The standard InChI is InChI=1S/C10H19NO3S/c12-10(13)4-8-15(14)9-7-11-5-2-1-3-6-11/h1-9H2,(H,12,13). The van der Waals surface area contributed by atoms with Crippen molar-refractivity contribution in [1.82, 2.24) is 4.90 Å². The number of hydrogen-bond acceptors (Lipinski definition) is 3. The van der Waals surface area contributed by atoms with Crippen LogP contribution in [0, 0.1) is 0 Å². The molecule has 1 saturated heterocycles. The number of aliphatic carboxylic acids is 1. The molecule has 88 valence electrons. The normalized spacial score (nSPS) is 20.0. The molecule has 1 heterocycles. The summed E-state index contributed by atoms with van der Waals surface area (Å²) in [5, 5.41) is 8.43. The molecule has 0 aromatic rings. The summed E-state index contributed by atoms with van der Waals surface area (Å²) in [5.74, 6) is 0.0533. The van der Waals surface area contributed by atoms with Crippen molar-refractivity contribution in [3.8, 4) is 0 Å². The summed E-state index contributed by atoms with van der Waals surface area (Å²) in [6.45, 7) is 3.07. The fraction of sp³-hybridized carbons (Fsp3) is 0.900. The molecule has 0 aromatic heterocycles. The third-order valence-corrected chi connectivity index (χ3v) is 3.92. The van der Waals surface area contributed by atoms with E-state index in [1.54, 1.807) is 0 Å². The molecule has 0 bridgehead atoms. The first-order valence-corrected chi connectivity index (χ1v) is 6.96. The number of piperidine rings is 1. The molecule has 0 radical (unpaired) electrons. The van der Waals surface area contributed by atoms with E-state index in [0.717, 1.165) is 19.6 Å².